The average Bonchev–Trinajstić information content (AvgIpc) is 3.88. The number of aromatic nitrogens is 4. The van der Waals surface area contributed by atoms with Gasteiger partial charge in [0.05, 0.1) is 45.8 Å². The fourth-order valence-electron chi connectivity index (χ4n) is 8.52. The Kier molecular flexibility index (Phi) is 6.58. The molecule has 0 saturated heterocycles. The van der Waals surface area contributed by atoms with E-state index in [1.807, 2.05) is 54.7 Å². The van der Waals surface area contributed by atoms with Crippen LogP contribution in [0.1, 0.15) is 5.56 Å². The Labute approximate surface area is 315 Å². The van der Waals surface area contributed by atoms with E-state index in [0.29, 0.717) is 11.3 Å². The second-order valence-corrected chi connectivity index (χ2v) is 13.9. The zero-order valence-electron chi connectivity index (χ0n) is 29.3. The highest BCUT2D eigenvalue weighted by Crippen LogP contribution is 2.40. The number of hydrogen-bond donors (Lipinski definition) is 0. The van der Waals surface area contributed by atoms with Crippen molar-refractivity contribution in [1.29, 1.82) is 5.26 Å². The molecule has 0 unspecified atom stereocenters. The van der Waals surface area contributed by atoms with Crippen LogP contribution >= 0.6 is 0 Å². The monoisotopic (exact) mass is 700 g/mol. The van der Waals surface area contributed by atoms with E-state index in [2.05, 4.69) is 140 Å². The number of para-hydroxylation sites is 3. The summed E-state index contributed by atoms with van der Waals surface area (Å²) < 4.78 is 6.81. The van der Waals surface area contributed by atoms with Gasteiger partial charge in [-0.25, -0.2) is 9.83 Å². The maximum Gasteiger partial charge on any atom is 0.189 e. The van der Waals surface area contributed by atoms with Crippen molar-refractivity contribution in [2.45, 2.75) is 0 Å². The summed E-state index contributed by atoms with van der Waals surface area (Å²) in [6, 6.07) is 58.9. The molecule has 0 aliphatic rings. The SMILES string of the molecule is [C-]#[N+]c1cc(-c2cccc(-n3c4cc5c(cc4c4cccnc43)c3ccccc3n5-c3ccccc3)c2)cc(-n2c3ccccc3c3cc(C#N)ccc32)c1. The molecule has 55 heavy (non-hydrogen) atoms. The summed E-state index contributed by atoms with van der Waals surface area (Å²) in [7, 11) is 0. The third-order valence-electron chi connectivity index (χ3n) is 10.9. The molecular formula is C49H28N6. The quantitative estimate of drug-likeness (QED) is 0.172. The Morgan fingerprint density at radius 2 is 1.09 bits per heavy atom. The van der Waals surface area contributed by atoms with Crippen LogP contribution in [0.15, 0.2) is 170 Å². The van der Waals surface area contributed by atoms with Crippen molar-refractivity contribution in [3.8, 4) is 34.3 Å². The molecule has 0 fully saturated rings. The predicted octanol–water partition coefficient (Wildman–Crippen LogP) is 12.5. The molecule has 0 N–H and O–H groups in total. The van der Waals surface area contributed by atoms with Crippen LogP contribution in [0.25, 0.3) is 98.6 Å². The Bertz CT molecular complexity index is 3460. The van der Waals surface area contributed by atoms with Gasteiger partial charge in [0.15, 0.2) is 5.69 Å². The third kappa shape index (κ3) is 4.56. The van der Waals surface area contributed by atoms with E-state index in [4.69, 9.17) is 11.6 Å². The van der Waals surface area contributed by atoms with Gasteiger partial charge in [0.1, 0.15) is 5.65 Å². The molecular weight excluding hydrogens is 673 g/mol. The van der Waals surface area contributed by atoms with Gasteiger partial charge in [-0.05, 0) is 108 Å². The molecule has 11 aromatic rings. The van der Waals surface area contributed by atoms with Gasteiger partial charge < -0.3 is 9.13 Å². The van der Waals surface area contributed by atoms with Crippen LogP contribution in [0.2, 0.25) is 0 Å². The molecule has 0 atom stereocenters. The van der Waals surface area contributed by atoms with Crippen LogP contribution in [-0.2, 0) is 0 Å². The van der Waals surface area contributed by atoms with E-state index < -0.39 is 0 Å². The molecule has 4 heterocycles. The van der Waals surface area contributed by atoms with E-state index >= 15 is 0 Å². The number of nitriles is 1. The molecule has 0 radical (unpaired) electrons. The maximum atomic E-state index is 9.67. The Hall–Kier alpha value is -7.93. The first kappa shape index (κ1) is 30.7. The summed E-state index contributed by atoms with van der Waals surface area (Å²) in [5.74, 6) is 0. The molecule has 11 rings (SSSR count). The summed E-state index contributed by atoms with van der Waals surface area (Å²) >= 11 is 0. The van der Waals surface area contributed by atoms with Crippen LogP contribution < -0.4 is 0 Å². The third-order valence-corrected chi connectivity index (χ3v) is 10.9. The van der Waals surface area contributed by atoms with Gasteiger partial charge in [0.2, 0.25) is 0 Å². The second kappa shape index (κ2) is 11.8. The van der Waals surface area contributed by atoms with Gasteiger partial charge in [-0.3, -0.25) is 4.57 Å². The minimum atomic E-state index is 0.548. The summed E-state index contributed by atoms with van der Waals surface area (Å²) in [6.45, 7) is 8.09. The summed E-state index contributed by atoms with van der Waals surface area (Å²) in [4.78, 5) is 8.88. The van der Waals surface area contributed by atoms with Crippen LogP contribution in [0.4, 0.5) is 5.69 Å². The minimum absolute atomic E-state index is 0.548. The number of benzene rings is 7. The fourth-order valence-corrected chi connectivity index (χ4v) is 8.52. The molecule has 0 amide bonds. The van der Waals surface area contributed by atoms with Crippen LogP contribution in [-0.4, -0.2) is 18.7 Å². The first-order chi connectivity index (χ1) is 27.2. The van der Waals surface area contributed by atoms with E-state index in [0.717, 1.165) is 83.0 Å². The highest BCUT2D eigenvalue weighted by molar-refractivity contribution is 6.18. The van der Waals surface area contributed by atoms with Gasteiger partial charge in [-0.1, -0.05) is 66.7 Å². The lowest BCUT2D eigenvalue weighted by Crippen LogP contribution is -1.97. The smallest absolute Gasteiger partial charge is 0.189 e. The Morgan fingerprint density at radius 3 is 1.87 bits per heavy atom. The lowest BCUT2D eigenvalue weighted by atomic mass is 10.0. The molecule has 0 bridgehead atoms. The topological polar surface area (TPSA) is 55.8 Å². The van der Waals surface area contributed by atoms with Gasteiger partial charge >= 0.3 is 0 Å². The maximum absolute atomic E-state index is 9.67. The Morgan fingerprint density at radius 1 is 0.455 bits per heavy atom. The van der Waals surface area contributed by atoms with Gasteiger partial charge in [-0.15, -0.1) is 0 Å². The predicted molar refractivity (Wildman–Crippen MR) is 224 cm³/mol. The molecule has 0 aliphatic heterocycles. The molecule has 6 heteroatoms. The zero-order valence-corrected chi connectivity index (χ0v) is 29.3. The highest BCUT2D eigenvalue weighted by Gasteiger charge is 2.20. The van der Waals surface area contributed by atoms with Gasteiger partial charge in [-0.2, -0.15) is 5.26 Å². The van der Waals surface area contributed by atoms with Crippen LogP contribution in [0.5, 0.6) is 0 Å². The van der Waals surface area contributed by atoms with Crippen molar-refractivity contribution in [2.75, 3.05) is 0 Å². The summed E-state index contributed by atoms with van der Waals surface area (Å²) in [6.07, 6.45) is 1.86. The molecule has 0 aliphatic carbocycles. The van der Waals surface area contributed by atoms with E-state index in [1.54, 1.807) is 0 Å². The average molecular weight is 701 g/mol. The molecule has 7 aromatic carbocycles. The zero-order chi connectivity index (χ0) is 36.6. The van der Waals surface area contributed by atoms with E-state index in [-0.39, 0.29) is 0 Å². The largest absolute Gasteiger partial charge is 0.310 e. The highest BCUT2D eigenvalue weighted by atomic mass is 15.1. The summed E-state index contributed by atoms with van der Waals surface area (Å²) in [5.41, 5.74) is 12.3. The van der Waals surface area contributed by atoms with Crippen molar-refractivity contribution in [3.05, 3.63) is 187 Å². The second-order valence-electron chi connectivity index (χ2n) is 13.9. The Balaban J connectivity index is 1.14. The van der Waals surface area contributed by atoms with Crippen LogP contribution in [0.3, 0.4) is 0 Å². The minimum Gasteiger partial charge on any atom is -0.310 e. The number of nitrogens with zero attached hydrogens (tertiary/aromatic N) is 6. The molecule has 0 spiro atoms. The van der Waals surface area contributed by atoms with Crippen molar-refractivity contribution in [3.63, 3.8) is 0 Å². The normalized spacial score (nSPS) is 11.6. The molecule has 6 nitrogen and oxygen atoms in total. The van der Waals surface area contributed by atoms with Gasteiger partial charge in [0.25, 0.3) is 0 Å². The van der Waals surface area contributed by atoms with Crippen molar-refractivity contribution in [1.82, 2.24) is 18.7 Å². The first-order valence-corrected chi connectivity index (χ1v) is 18.1. The fraction of sp³-hybridized carbons (Fsp3) is 0. The molecule has 254 valence electrons. The number of hydrogen-bond acceptors (Lipinski definition) is 2. The number of rotatable bonds is 4. The lowest BCUT2D eigenvalue weighted by molar-refractivity contribution is 1.13. The lowest BCUT2D eigenvalue weighted by Gasteiger charge is -2.13. The van der Waals surface area contributed by atoms with Crippen molar-refractivity contribution < 1.29 is 0 Å². The molecule has 0 saturated carbocycles. The van der Waals surface area contributed by atoms with Gasteiger partial charge in [0, 0.05) is 55.6 Å². The summed E-state index contributed by atoms with van der Waals surface area (Å²) in [5, 5.41) is 16.4. The number of pyridine rings is 1. The van der Waals surface area contributed by atoms with Crippen molar-refractivity contribution in [2.24, 2.45) is 0 Å². The van der Waals surface area contributed by atoms with E-state index in [9.17, 15) is 5.26 Å². The number of fused-ring (bicyclic) bond motifs is 9. The van der Waals surface area contributed by atoms with Crippen LogP contribution in [0, 0.1) is 17.9 Å². The first-order valence-electron chi connectivity index (χ1n) is 18.1. The van der Waals surface area contributed by atoms with Crippen molar-refractivity contribution >= 4 is 71.2 Å². The standard InChI is InChI=1S/C49H28N6/c1-51-34-24-33(26-37(27-34)54-45-19-8-5-15-38(45)41-23-31(30-50)20-21-46(41)54)32-11-9-14-36(25-32)55-48-29-47-42(28-43(48)40-17-10-22-52-49(40)55)39-16-6-7-18-44(39)53(47)35-12-3-2-4-13-35/h2-29H. The molecule has 4 aromatic heterocycles. The van der Waals surface area contributed by atoms with E-state index in [1.165, 1.54) is 10.8 Å².